The molecule has 0 amide bonds. The van der Waals surface area contributed by atoms with Crippen molar-refractivity contribution in [2.75, 3.05) is 0 Å². The van der Waals surface area contributed by atoms with Gasteiger partial charge < -0.3 is 0 Å². The lowest BCUT2D eigenvalue weighted by Gasteiger charge is -2.41. The first-order chi connectivity index (χ1) is 7.09. The van der Waals surface area contributed by atoms with Crippen molar-refractivity contribution in [3.05, 3.63) is 0 Å². The van der Waals surface area contributed by atoms with Crippen LogP contribution in [-0.2, 0) is 4.79 Å². The van der Waals surface area contributed by atoms with Crippen LogP contribution < -0.4 is 0 Å². The Balaban J connectivity index is 1.83. The molecule has 4 atom stereocenters. The molecule has 0 aromatic rings. The first-order valence-electron chi connectivity index (χ1n) is 6.60. The highest BCUT2D eigenvalue weighted by atomic mass is 16.1. The third kappa shape index (κ3) is 1.31. The van der Waals surface area contributed by atoms with Gasteiger partial charge >= 0.3 is 0 Å². The van der Waals surface area contributed by atoms with E-state index in [1.807, 2.05) is 0 Å². The Hall–Kier alpha value is -0.330. The molecule has 1 nitrogen and oxygen atoms in total. The number of ketones is 1. The third-order valence-corrected chi connectivity index (χ3v) is 5.68. The maximum atomic E-state index is 11.4. The fourth-order valence-electron chi connectivity index (χ4n) is 5.04. The Kier molecular flexibility index (Phi) is 2.03. The highest BCUT2D eigenvalue weighted by molar-refractivity contribution is 5.80. The van der Waals surface area contributed by atoms with Gasteiger partial charge in [0.15, 0.2) is 0 Å². The number of carbonyl (C=O) groups is 1. The standard InChI is InChI=1S/C14H22O/c1-14(2)11-5-3-9(7-11)13(14)10-4-6-12(15)8-10/h9-11,13H,3-8H2,1-2H3/t9-,10?,11+,13+/m1/s1. The number of carbonyl (C=O) groups excluding carboxylic acids is 1. The summed E-state index contributed by atoms with van der Waals surface area (Å²) in [5.74, 6) is 4.05. The second-order valence-corrected chi connectivity index (χ2v) is 6.66. The van der Waals surface area contributed by atoms with Crippen LogP contribution in [0.3, 0.4) is 0 Å². The van der Waals surface area contributed by atoms with Crippen molar-refractivity contribution >= 4 is 5.78 Å². The second-order valence-electron chi connectivity index (χ2n) is 6.66. The van der Waals surface area contributed by atoms with E-state index in [9.17, 15) is 4.79 Å². The predicted molar refractivity (Wildman–Crippen MR) is 60.5 cm³/mol. The fourth-order valence-corrected chi connectivity index (χ4v) is 5.04. The summed E-state index contributed by atoms with van der Waals surface area (Å²) in [5, 5.41) is 0. The highest BCUT2D eigenvalue weighted by Crippen LogP contribution is 2.63. The zero-order valence-corrected chi connectivity index (χ0v) is 9.96. The molecular formula is C14H22O. The van der Waals surface area contributed by atoms with Crippen LogP contribution in [0.2, 0.25) is 0 Å². The van der Waals surface area contributed by atoms with Crippen LogP contribution in [0.1, 0.15) is 52.4 Å². The molecule has 2 bridgehead atoms. The van der Waals surface area contributed by atoms with E-state index in [-0.39, 0.29) is 0 Å². The number of hydrogen-bond acceptors (Lipinski definition) is 1. The molecule has 0 saturated heterocycles. The smallest absolute Gasteiger partial charge is 0.133 e. The van der Waals surface area contributed by atoms with Crippen LogP contribution in [0.15, 0.2) is 0 Å². The van der Waals surface area contributed by atoms with Crippen LogP contribution in [0.5, 0.6) is 0 Å². The highest BCUT2D eigenvalue weighted by Gasteiger charge is 2.55. The largest absolute Gasteiger partial charge is 0.300 e. The summed E-state index contributed by atoms with van der Waals surface area (Å²) in [6.07, 6.45) is 7.32. The molecule has 0 aliphatic heterocycles. The molecule has 0 aromatic carbocycles. The lowest BCUT2D eigenvalue weighted by molar-refractivity contribution is -0.117. The molecule has 0 radical (unpaired) electrons. The van der Waals surface area contributed by atoms with E-state index in [1.165, 1.54) is 25.7 Å². The van der Waals surface area contributed by atoms with Crippen molar-refractivity contribution in [3.8, 4) is 0 Å². The Labute approximate surface area is 92.6 Å². The molecule has 3 fully saturated rings. The minimum absolute atomic E-state index is 0.526. The van der Waals surface area contributed by atoms with Crippen molar-refractivity contribution in [1.29, 1.82) is 0 Å². The quantitative estimate of drug-likeness (QED) is 0.642. The molecule has 3 saturated carbocycles. The second kappa shape index (κ2) is 3.09. The maximum absolute atomic E-state index is 11.4. The molecular weight excluding hydrogens is 184 g/mol. The molecule has 0 aromatic heterocycles. The topological polar surface area (TPSA) is 17.1 Å². The van der Waals surface area contributed by atoms with Gasteiger partial charge in [-0.15, -0.1) is 0 Å². The van der Waals surface area contributed by atoms with E-state index in [0.717, 1.165) is 36.5 Å². The van der Waals surface area contributed by atoms with Crippen molar-refractivity contribution in [2.24, 2.45) is 29.1 Å². The molecule has 3 aliphatic rings. The van der Waals surface area contributed by atoms with E-state index in [4.69, 9.17) is 0 Å². The van der Waals surface area contributed by atoms with Gasteiger partial charge in [-0.3, -0.25) is 4.79 Å². The Morgan fingerprint density at radius 1 is 1.13 bits per heavy atom. The minimum atomic E-state index is 0.526. The zero-order chi connectivity index (χ0) is 10.6. The molecule has 3 aliphatic carbocycles. The average molecular weight is 206 g/mol. The Morgan fingerprint density at radius 3 is 2.47 bits per heavy atom. The van der Waals surface area contributed by atoms with Gasteiger partial charge in [-0.25, -0.2) is 0 Å². The number of rotatable bonds is 1. The van der Waals surface area contributed by atoms with Gasteiger partial charge in [0.25, 0.3) is 0 Å². The predicted octanol–water partition coefficient (Wildman–Crippen LogP) is 3.43. The van der Waals surface area contributed by atoms with Crippen LogP contribution >= 0.6 is 0 Å². The van der Waals surface area contributed by atoms with Crippen molar-refractivity contribution < 1.29 is 4.79 Å². The van der Waals surface area contributed by atoms with Crippen LogP contribution in [0, 0.1) is 29.1 Å². The zero-order valence-electron chi connectivity index (χ0n) is 9.96. The normalized spacial score (nSPS) is 47.7. The van der Waals surface area contributed by atoms with Crippen LogP contribution in [0.4, 0.5) is 0 Å². The minimum Gasteiger partial charge on any atom is -0.300 e. The summed E-state index contributed by atoms with van der Waals surface area (Å²) in [4.78, 5) is 11.4. The Bertz CT molecular complexity index is 292. The van der Waals surface area contributed by atoms with Crippen molar-refractivity contribution in [3.63, 3.8) is 0 Å². The Morgan fingerprint density at radius 2 is 1.93 bits per heavy atom. The van der Waals surface area contributed by atoms with E-state index in [2.05, 4.69) is 13.8 Å². The van der Waals surface area contributed by atoms with Gasteiger partial charge in [0.1, 0.15) is 5.78 Å². The van der Waals surface area contributed by atoms with Gasteiger partial charge in [-0.1, -0.05) is 13.8 Å². The molecule has 15 heavy (non-hydrogen) atoms. The number of Topliss-reactive ketones (excluding diaryl/α,β-unsaturated/α-hetero) is 1. The van der Waals surface area contributed by atoms with Gasteiger partial charge in [0.2, 0.25) is 0 Å². The van der Waals surface area contributed by atoms with Gasteiger partial charge in [0, 0.05) is 12.8 Å². The van der Waals surface area contributed by atoms with Gasteiger partial charge in [-0.2, -0.15) is 0 Å². The summed E-state index contributed by atoms with van der Waals surface area (Å²) >= 11 is 0. The average Bonchev–Trinajstić information content (AvgIpc) is 2.79. The van der Waals surface area contributed by atoms with Crippen molar-refractivity contribution in [2.45, 2.75) is 52.4 Å². The lowest BCUT2D eigenvalue weighted by atomic mass is 9.63. The van der Waals surface area contributed by atoms with Gasteiger partial charge in [-0.05, 0) is 54.8 Å². The van der Waals surface area contributed by atoms with Crippen LogP contribution in [0.25, 0.3) is 0 Å². The number of hydrogen-bond donors (Lipinski definition) is 0. The monoisotopic (exact) mass is 206 g/mol. The van der Waals surface area contributed by atoms with E-state index >= 15 is 0 Å². The summed E-state index contributed by atoms with van der Waals surface area (Å²) in [7, 11) is 0. The molecule has 84 valence electrons. The maximum Gasteiger partial charge on any atom is 0.133 e. The fraction of sp³-hybridized carbons (Fsp3) is 0.929. The van der Waals surface area contributed by atoms with E-state index in [0.29, 0.717) is 11.2 Å². The molecule has 1 unspecified atom stereocenters. The van der Waals surface area contributed by atoms with Gasteiger partial charge in [0.05, 0.1) is 0 Å². The number of fused-ring (bicyclic) bond motifs is 2. The van der Waals surface area contributed by atoms with E-state index < -0.39 is 0 Å². The first-order valence-corrected chi connectivity index (χ1v) is 6.60. The third-order valence-electron chi connectivity index (χ3n) is 5.68. The SMILES string of the molecule is CC1(C)[C@H]2CC[C@H](C2)[C@H]1C1CCC(=O)C1. The molecule has 0 spiro atoms. The summed E-state index contributed by atoms with van der Waals surface area (Å²) in [6, 6.07) is 0. The summed E-state index contributed by atoms with van der Waals surface area (Å²) < 4.78 is 0. The van der Waals surface area contributed by atoms with E-state index in [1.54, 1.807) is 0 Å². The molecule has 0 heterocycles. The summed E-state index contributed by atoms with van der Waals surface area (Å²) in [5.41, 5.74) is 0.526. The van der Waals surface area contributed by atoms with Crippen LogP contribution in [-0.4, -0.2) is 5.78 Å². The molecule has 1 heteroatoms. The lowest BCUT2D eigenvalue weighted by Crippen LogP contribution is -2.35. The first kappa shape index (κ1) is 9.86. The summed E-state index contributed by atoms with van der Waals surface area (Å²) in [6.45, 7) is 4.93. The molecule has 3 rings (SSSR count). The molecule has 0 N–H and O–H groups in total. The van der Waals surface area contributed by atoms with Crippen molar-refractivity contribution in [1.82, 2.24) is 0 Å².